The summed E-state index contributed by atoms with van der Waals surface area (Å²) < 4.78 is 22.6. The quantitative estimate of drug-likeness (QED) is 0.558. The number of benzene rings is 1. The highest BCUT2D eigenvalue weighted by Gasteiger charge is 2.18. The van der Waals surface area contributed by atoms with E-state index in [4.69, 9.17) is 5.14 Å². The van der Waals surface area contributed by atoms with Crippen LogP contribution in [0.15, 0.2) is 34.3 Å². The summed E-state index contributed by atoms with van der Waals surface area (Å²) in [6.45, 7) is 1.83. The van der Waals surface area contributed by atoms with E-state index >= 15 is 0 Å². The average molecular weight is 424 g/mol. The third-order valence-electron chi connectivity index (χ3n) is 4.89. The first-order chi connectivity index (χ1) is 13.3. The molecule has 1 fully saturated rings. The van der Waals surface area contributed by atoms with Crippen molar-refractivity contribution in [3.63, 3.8) is 0 Å². The van der Waals surface area contributed by atoms with Crippen molar-refractivity contribution in [3.8, 4) is 0 Å². The Morgan fingerprint density at radius 3 is 2.64 bits per heavy atom. The third kappa shape index (κ3) is 5.79. The van der Waals surface area contributed by atoms with Crippen molar-refractivity contribution in [3.05, 3.63) is 35.7 Å². The molecular formula is C18H25N5O3S2. The van der Waals surface area contributed by atoms with Gasteiger partial charge in [-0.1, -0.05) is 49.6 Å². The zero-order chi connectivity index (χ0) is 20.1. The van der Waals surface area contributed by atoms with Gasteiger partial charge < -0.3 is 5.32 Å². The summed E-state index contributed by atoms with van der Waals surface area (Å²) >= 11 is 1.29. The third-order valence-corrected chi connectivity index (χ3v) is 6.66. The number of nitrogens with zero attached hydrogens (tertiary/aromatic N) is 2. The smallest absolute Gasteiger partial charge is 0.238 e. The molecule has 1 unspecified atom stereocenters. The van der Waals surface area contributed by atoms with Gasteiger partial charge in [0.2, 0.25) is 21.1 Å². The highest BCUT2D eigenvalue weighted by Crippen LogP contribution is 2.27. The summed E-state index contributed by atoms with van der Waals surface area (Å²) in [4.78, 5) is 16.7. The molecule has 1 aromatic heterocycles. The molecular weight excluding hydrogens is 398 g/mol. The van der Waals surface area contributed by atoms with Crippen LogP contribution in [-0.4, -0.2) is 35.3 Å². The number of nitrogens with two attached hydrogens (primary N) is 1. The Balaban J connectivity index is 1.46. The number of nitrogens with one attached hydrogen (secondary N) is 2. The molecule has 28 heavy (non-hydrogen) atoms. The summed E-state index contributed by atoms with van der Waals surface area (Å²) in [6, 6.07) is 5.89. The van der Waals surface area contributed by atoms with E-state index in [9.17, 15) is 13.2 Å². The van der Waals surface area contributed by atoms with Crippen LogP contribution in [0, 0.1) is 5.92 Å². The van der Waals surface area contributed by atoms with E-state index < -0.39 is 10.0 Å². The summed E-state index contributed by atoms with van der Waals surface area (Å²) in [7, 11) is -3.72. The van der Waals surface area contributed by atoms with E-state index in [0.717, 1.165) is 17.8 Å². The highest BCUT2D eigenvalue weighted by molar-refractivity contribution is 7.99. The Morgan fingerprint density at radius 1 is 1.32 bits per heavy atom. The van der Waals surface area contributed by atoms with Gasteiger partial charge in [-0.2, -0.15) is 0 Å². The van der Waals surface area contributed by atoms with Crippen LogP contribution in [0.5, 0.6) is 0 Å². The van der Waals surface area contributed by atoms with Gasteiger partial charge in [-0.3, -0.25) is 9.89 Å². The van der Waals surface area contributed by atoms with E-state index in [1.807, 2.05) is 6.92 Å². The molecule has 2 aromatic rings. The first-order valence-corrected chi connectivity index (χ1v) is 11.8. The number of thioether (sulfide) groups is 1. The lowest BCUT2D eigenvalue weighted by atomic mass is 10.0. The molecule has 1 amide bonds. The van der Waals surface area contributed by atoms with Gasteiger partial charge in [0.15, 0.2) is 0 Å². The van der Waals surface area contributed by atoms with E-state index in [0.29, 0.717) is 11.1 Å². The molecule has 1 aliphatic carbocycles. The molecule has 8 nitrogen and oxygen atoms in total. The van der Waals surface area contributed by atoms with Gasteiger partial charge in [0.1, 0.15) is 5.82 Å². The van der Waals surface area contributed by atoms with Crippen molar-refractivity contribution in [2.24, 2.45) is 11.1 Å². The van der Waals surface area contributed by atoms with Crippen LogP contribution >= 0.6 is 11.8 Å². The molecule has 1 aromatic carbocycles. The second kappa shape index (κ2) is 9.06. The zero-order valence-electron chi connectivity index (χ0n) is 15.7. The Morgan fingerprint density at radius 2 is 2.00 bits per heavy atom. The lowest BCUT2D eigenvalue weighted by molar-refractivity contribution is -0.119. The summed E-state index contributed by atoms with van der Waals surface area (Å²) in [6.07, 6.45) is 6.02. The number of amides is 1. The van der Waals surface area contributed by atoms with Crippen LogP contribution in [0.25, 0.3) is 0 Å². The van der Waals surface area contributed by atoms with Gasteiger partial charge in [0, 0.05) is 6.42 Å². The van der Waals surface area contributed by atoms with Gasteiger partial charge in [-0.05, 0) is 30.5 Å². The van der Waals surface area contributed by atoms with Gasteiger partial charge in [0.25, 0.3) is 0 Å². The first-order valence-electron chi connectivity index (χ1n) is 9.27. The van der Waals surface area contributed by atoms with Gasteiger partial charge in [-0.15, -0.1) is 5.10 Å². The van der Waals surface area contributed by atoms with E-state index in [1.54, 1.807) is 12.1 Å². The van der Waals surface area contributed by atoms with Crippen LogP contribution in [0.2, 0.25) is 0 Å². The Bertz CT molecular complexity index is 906. The summed E-state index contributed by atoms with van der Waals surface area (Å²) in [5.74, 6) is 1.64. The van der Waals surface area contributed by atoms with Crippen LogP contribution in [-0.2, 0) is 21.2 Å². The number of hydrogen-bond acceptors (Lipinski definition) is 6. The van der Waals surface area contributed by atoms with Crippen molar-refractivity contribution in [1.29, 1.82) is 0 Å². The average Bonchev–Trinajstić information content (AvgIpc) is 3.32. The predicted molar refractivity (Wildman–Crippen MR) is 107 cm³/mol. The molecule has 1 aliphatic rings. The molecule has 152 valence electrons. The topological polar surface area (TPSA) is 131 Å². The fourth-order valence-electron chi connectivity index (χ4n) is 3.36. The van der Waals surface area contributed by atoms with Gasteiger partial charge >= 0.3 is 0 Å². The second-order valence-electron chi connectivity index (χ2n) is 7.11. The number of aromatic amines is 1. The lowest BCUT2D eigenvalue weighted by Crippen LogP contribution is -2.28. The molecule has 1 saturated carbocycles. The number of H-pyrrole nitrogens is 1. The fourth-order valence-corrected chi connectivity index (χ4v) is 4.51. The lowest BCUT2D eigenvalue weighted by Gasteiger charge is -2.14. The number of carbonyl (C=O) groups excluding carboxylic acids is 1. The van der Waals surface area contributed by atoms with E-state index in [2.05, 4.69) is 20.5 Å². The first kappa shape index (κ1) is 20.8. The molecule has 4 N–H and O–H groups in total. The van der Waals surface area contributed by atoms with Crippen molar-refractivity contribution in [1.82, 2.24) is 20.5 Å². The largest absolute Gasteiger partial charge is 0.349 e. The van der Waals surface area contributed by atoms with Crippen LogP contribution in [0.4, 0.5) is 0 Å². The summed E-state index contributed by atoms with van der Waals surface area (Å²) in [5.41, 5.74) is 0.794. The van der Waals surface area contributed by atoms with Gasteiger partial charge in [0.05, 0.1) is 16.7 Å². The second-order valence-corrected chi connectivity index (χ2v) is 9.62. The molecule has 0 spiro atoms. The SMILES string of the molecule is CC(NC(=O)CSc1n[nH]c(CC2CCCC2)n1)c1ccc(S(N)(=O)=O)cc1. The monoisotopic (exact) mass is 423 g/mol. The normalized spacial score (nSPS) is 16.2. The number of primary sulfonamides is 1. The van der Waals surface area contributed by atoms with Crippen LogP contribution < -0.4 is 10.5 Å². The Kier molecular flexibility index (Phi) is 6.73. The number of aromatic nitrogens is 3. The molecule has 0 bridgehead atoms. The number of hydrogen-bond donors (Lipinski definition) is 3. The minimum absolute atomic E-state index is 0.0448. The molecule has 0 saturated heterocycles. The molecule has 0 radical (unpaired) electrons. The van der Waals surface area contributed by atoms with Crippen LogP contribution in [0.3, 0.4) is 0 Å². The number of sulfonamides is 1. The van der Waals surface area contributed by atoms with Crippen molar-refractivity contribution < 1.29 is 13.2 Å². The van der Waals surface area contributed by atoms with Crippen molar-refractivity contribution >= 4 is 27.7 Å². The van der Waals surface area contributed by atoms with Crippen LogP contribution in [0.1, 0.15) is 50.0 Å². The molecule has 1 atom stereocenters. The maximum atomic E-state index is 12.2. The van der Waals surface area contributed by atoms with Crippen molar-refractivity contribution in [2.45, 2.75) is 55.1 Å². The minimum Gasteiger partial charge on any atom is -0.349 e. The molecule has 3 rings (SSSR count). The minimum atomic E-state index is -3.72. The van der Waals surface area contributed by atoms with Gasteiger partial charge in [-0.25, -0.2) is 18.5 Å². The van der Waals surface area contributed by atoms with E-state index in [1.165, 1.54) is 49.6 Å². The Hall–Kier alpha value is -1.91. The highest BCUT2D eigenvalue weighted by atomic mass is 32.2. The summed E-state index contributed by atoms with van der Waals surface area (Å²) in [5, 5.41) is 15.7. The Labute approximate surface area is 169 Å². The fraction of sp³-hybridized carbons (Fsp3) is 0.500. The van der Waals surface area contributed by atoms with E-state index in [-0.39, 0.29) is 22.6 Å². The molecule has 1 heterocycles. The maximum Gasteiger partial charge on any atom is 0.238 e. The standard InChI is InChI=1S/C18H25N5O3S2/c1-12(14-6-8-15(9-7-14)28(19,25)26)20-17(24)11-27-18-21-16(22-23-18)10-13-4-2-3-5-13/h6-9,12-13H,2-5,10-11H2,1H3,(H,20,24)(H2,19,25,26)(H,21,22,23). The zero-order valence-corrected chi connectivity index (χ0v) is 17.4. The molecule has 10 heteroatoms. The predicted octanol–water partition coefficient (Wildman–Crippen LogP) is 2.15. The molecule has 0 aliphatic heterocycles. The maximum absolute atomic E-state index is 12.2. The number of carbonyl (C=O) groups is 1. The number of rotatable bonds is 8. The van der Waals surface area contributed by atoms with Crippen molar-refractivity contribution in [2.75, 3.05) is 5.75 Å².